The normalized spacial score (nSPS) is 19.9. The Balaban J connectivity index is 2.33. The van der Waals surface area contributed by atoms with Crippen LogP contribution in [-0.2, 0) is 0 Å². The molecule has 1 aliphatic carbocycles. The SMILES string of the molecule is CCC(C(=N)N)N(C)CC1CCC1. The molecule has 0 aromatic carbocycles. The van der Waals surface area contributed by atoms with E-state index in [2.05, 4.69) is 18.9 Å². The second kappa shape index (κ2) is 4.61. The summed E-state index contributed by atoms with van der Waals surface area (Å²) < 4.78 is 0. The average molecular weight is 183 g/mol. The van der Waals surface area contributed by atoms with Crippen molar-refractivity contribution in [2.24, 2.45) is 11.7 Å². The molecule has 0 aromatic heterocycles. The standard InChI is InChI=1S/C10H21N3/c1-3-9(10(11)12)13(2)7-8-5-4-6-8/h8-9H,3-7H2,1-2H3,(H3,11,12). The number of hydrogen-bond acceptors (Lipinski definition) is 2. The molecule has 1 unspecified atom stereocenters. The van der Waals surface area contributed by atoms with E-state index in [-0.39, 0.29) is 6.04 Å². The van der Waals surface area contributed by atoms with Crippen LogP contribution in [0.15, 0.2) is 0 Å². The number of rotatable bonds is 5. The fraction of sp³-hybridized carbons (Fsp3) is 0.900. The Morgan fingerprint density at radius 2 is 2.23 bits per heavy atom. The predicted octanol–water partition coefficient (Wildman–Crippen LogP) is 1.43. The summed E-state index contributed by atoms with van der Waals surface area (Å²) in [6.07, 6.45) is 5.05. The van der Waals surface area contributed by atoms with E-state index in [1.54, 1.807) is 0 Å². The van der Waals surface area contributed by atoms with E-state index in [0.29, 0.717) is 5.84 Å². The number of amidine groups is 1. The quantitative estimate of drug-likeness (QED) is 0.500. The van der Waals surface area contributed by atoms with Gasteiger partial charge in [0.15, 0.2) is 0 Å². The zero-order valence-electron chi connectivity index (χ0n) is 8.71. The summed E-state index contributed by atoms with van der Waals surface area (Å²) in [6.45, 7) is 3.20. The summed E-state index contributed by atoms with van der Waals surface area (Å²) in [5, 5.41) is 7.44. The fourth-order valence-corrected chi connectivity index (χ4v) is 1.98. The highest BCUT2D eigenvalue weighted by Gasteiger charge is 2.23. The van der Waals surface area contributed by atoms with Gasteiger partial charge in [0.05, 0.1) is 6.04 Å². The first-order chi connectivity index (χ1) is 6.15. The second-order valence-corrected chi connectivity index (χ2v) is 4.12. The lowest BCUT2D eigenvalue weighted by atomic mass is 9.85. The lowest BCUT2D eigenvalue weighted by Crippen LogP contribution is -2.44. The first-order valence-corrected chi connectivity index (χ1v) is 5.19. The van der Waals surface area contributed by atoms with Crippen molar-refractivity contribution in [3.05, 3.63) is 0 Å². The highest BCUT2D eigenvalue weighted by atomic mass is 15.1. The summed E-state index contributed by atoms with van der Waals surface area (Å²) in [5.74, 6) is 1.17. The van der Waals surface area contributed by atoms with Gasteiger partial charge >= 0.3 is 0 Å². The minimum absolute atomic E-state index is 0.153. The maximum atomic E-state index is 7.44. The number of nitrogens with one attached hydrogen (secondary N) is 1. The van der Waals surface area contributed by atoms with Crippen molar-refractivity contribution in [1.82, 2.24) is 4.90 Å². The molecule has 0 radical (unpaired) electrons. The highest BCUT2D eigenvalue weighted by Crippen LogP contribution is 2.27. The van der Waals surface area contributed by atoms with Crippen LogP contribution in [-0.4, -0.2) is 30.4 Å². The first-order valence-electron chi connectivity index (χ1n) is 5.19. The molecule has 76 valence electrons. The molecule has 3 heteroatoms. The van der Waals surface area contributed by atoms with E-state index in [1.807, 2.05) is 0 Å². The molecule has 1 saturated carbocycles. The molecule has 0 amide bonds. The molecular weight excluding hydrogens is 162 g/mol. The molecular formula is C10H21N3. The van der Waals surface area contributed by atoms with Crippen LogP contribution in [0.2, 0.25) is 0 Å². The first kappa shape index (κ1) is 10.5. The molecule has 0 bridgehead atoms. The molecule has 1 fully saturated rings. The average Bonchev–Trinajstić information content (AvgIpc) is 1.97. The maximum Gasteiger partial charge on any atom is 0.108 e. The summed E-state index contributed by atoms with van der Waals surface area (Å²) in [5.41, 5.74) is 5.52. The Morgan fingerprint density at radius 1 is 1.62 bits per heavy atom. The van der Waals surface area contributed by atoms with E-state index in [4.69, 9.17) is 11.1 Å². The lowest BCUT2D eigenvalue weighted by Gasteiger charge is -2.33. The van der Waals surface area contributed by atoms with Crippen LogP contribution in [0.4, 0.5) is 0 Å². The van der Waals surface area contributed by atoms with Gasteiger partial charge in [0.2, 0.25) is 0 Å². The Hall–Kier alpha value is -0.570. The van der Waals surface area contributed by atoms with E-state index in [9.17, 15) is 0 Å². The van der Waals surface area contributed by atoms with Gasteiger partial charge in [-0.25, -0.2) is 0 Å². The Labute approximate surface area is 80.8 Å². The number of nitrogens with two attached hydrogens (primary N) is 1. The molecule has 1 atom stereocenters. The van der Waals surface area contributed by atoms with Gasteiger partial charge in [-0.3, -0.25) is 10.3 Å². The number of likely N-dealkylation sites (N-methyl/N-ethyl adjacent to an activating group) is 1. The van der Waals surface area contributed by atoms with Crippen LogP contribution >= 0.6 is 0 Å². The van der Waals surface area contributed by atoms with Crippen molar-refractivity contribution in [1.29, 1.82) is 5.41 Å². The highest BCUT2D eigenvalue weighted by molar-refractivity contribution is 5.82. The fourth-order valence-electron chi connectivity index (χ4n) is 1.98. The summed E-state index contributed by atoms with van der Waals surface area (Å²) in [6, 6.07) is 0.153. The molecule has 0 spiro atoms. The van der Waals surface area contributed by atoms with Crippen LogP contribution in [0, 0.1) is 11.3 Å². The predicted molar refractivity (Wildman–Crippen MR) is 56.0 cm³/mol. The van der Waals surface area contributed by atoms with Gasteiger partial charge in [0.25, 0.3) is 0 Å². The van der Waals surface area contributed by atoms with Crippen LogP contribution in [0.5, 0.6) is 0 Å². The molecule has 0 heterocycles. The summed E-state index contributed by atoms with van der Waals surface area (Å²) >= 11 is 0. The summed E-state index contributed by atoms with van der Waals surface area (Å²) in [4.78, 5) is 2.23. The third kappa shape index (κ3) is 2.69. The largest absolute Gasteiger partial charge is 0.386 e. The van der Waals surface area contributed by atoms with Crippen molar-refractivity contribution >= 4 is 5.84 Å². The van der Waals surface area contributed by atoms with Crippen molar-refractivity contribution < 1.29 is 0 Å². The molecule has 1 rings (SSSR count). The Morgan fingerprint density at radius 3 is 2.54 bits per heavy atom. The summed E-state index contributed by atoms with van der Waals surface area (Å²) in [7, 11) is 2.08. The van der Waals surface area contributed by atoms with Crippen molar-refractivity contribution in [3.63, 3.8) is 0 Å². The van der Waals surface area contributed by atoms with Gasteiger partial charge in [-0.05, 0) is 32.2 Å². The zero-order valence-corrected chi connectivity index (χ0v) is 8.71. The third-order valence-corrected chi connectivity index (χ3v) is 3.05. The zero-order chi connectivity index (χ0) is 9.84. The van der Waals surface area contributed by atoms with Gasteiger partial charge in [-0.15, -0.1) is 0 Å². The minimum Gasteiger partial charge on any atom is -0.386 e. The second-order valence-electron chi connectivity index (χ2n) is 4.12. The van der Waals surface area contributed by atoms with E-state index >= 15 is 0 Å². The van der Waals surface area contributed by atoms with Gasteiger partial charge in [-0.2, -0.15) is 0 Å². The molecule has 0 aliphatic heterocycles. The van der Waals surface area contributed by atoms with Gasteiger partial charge in [-0.1, -0.05) is 13.3 Å². The minimum atomic E-state index is 0.153. The van der Waals surface area contributed by atoms with Crippen molar-refractivity contribution in [2.75, 3.05) is 13.6 Å². The Kier molecular flexibility index (Phi) is 3.72. The van der Waals surface area contributed by atoms with Crippen molar-refractivity contribution in [2.45, 2.75) is 38.6 Å². The van der Waals surface area contributed by atoms with E-state index in [0.717, 1.165) is 18.9 Å². The van der Waals surface area contributed by atoms with Crippen LogP contribution in [0.1, 0.15) is 32.6 Å². The van der Waals surface area contributed by atoms with Crippen LogP contribution < -0.4 is 5.73 Å². The van der Waals surface area contributed by atoms with Crippen LogP contribution in [0.3, 0.4) is 0 Å². The van der Waals surface area contributed by atoms with E-state index in [1.165, 1.54) is 19.3 Å². The van der Waals surface area contributed by atoms with Gasteiger partial charge < -0.3 is 5.73 Å². The molecule has 3 N–H and O–H groups in total. The molecule has 3 nitrogen and oxygen atoms in total. The smallest absolute Gasteiger partial charge is 0.108 e. The molecule has 13 heavy (non-hydrogen) atoms. The Bertz CT molecular complexity index is 175. The molecule has 0 saturated heterocycles. The number of hydrogen-bond donors (Lipinski definition) is 2. The lowest BCUT2D eigenvalue weighted by molar-refractivity contribution is 0.185. The number of nitrogens with zero attached hydrogens (tertiary/aromatic N) is 1. The molecule has 0 aromatic rings. The molecule has 1 aliphatic rings. The van der Waals surface area contributed by atoms with Gasteiger partial charge in [0.1, 0.15) is 5.84 Å². The topological polar surface area (TPSA) is 53.1 Å². The van der Waals surface area contributed by atoms with E-state index < -0.39 is 0 Å². The van der Waals surface area contributed by atoms with Crippen molar-refractivity contribution in [3.8, 4) is 0 Å². The van der Waals surface area contributed by atoms with Gasteiger partial charge in [0, 0.05) is 6.54 Å². The maximum absolute atomic E-state index is 7.44. The third-order valence-electron chi connectivity index (χ3n) is 3.05. The monoisotopic (exact) mass is 183 g/mol. The van der Waals surface area contributed by atoms with Crippen LogP contribution in [0.25, 0.3) is 0 Å².